The van der Waals surface area contributed by atoms with Crippen LogP contribution in [0.5, 0.6) is 0 Å². The molecule has 8 heteroatoms. The maximum Gasteiger partial charge on any atom is 0.416 e. The zero-order chi connectivity index (χ0) is 12.6. The third kappa shape index (κ3) is 3.44. The lowest BCUT2D eigenvalue weighted by Crippen LogP contribution is -2.08. The summed E-state index contributed by atoms with van der Waals surface area (Å²) in [5.74, 6) is -2.61. The molecule has 1 rings (SSSR count). The van der Waals surface area contributed by atoms with E-state index >= 15 is 0 Å². The molecule has 1 aromatic rings. The van der Waals surface area contributed by atoms with E-state index in [1.807, 2.05) is 0 Å². The van der Waals surface area contributed by atoms with Crippen LogP contribution in [-0.2, 0) is 22.2 Å². The molecule has 2 nitrogen and oxygen atoms in total. The third-order valence-electron chi connectivity index (χ3n) is 1.70. The molecule has 0 radical (unpaired) electrons. The van der Waals surface area contributed by atoms with Crippen LogP contribution in [0.15, 0.2) is 18.2 Å². The van der Waals surface area contributed by atoms with E-state index in [2.05, 4.69) is 0 Å². The van der Waals surface area contributed by atoms with Crippen LogP contribution in [0.3, 0.4) is 0 Å². The molecule has 0 aliphatic rings. The van der Waals surface area contributed by atoms with Gasteiger partial charge in [0, 0.05) is 5.56 Å². The van der Waals surface area contributed by atoms with Crippen molar-refractivity contribution >= 4 is 10.2 Å². The average Bonchev–Trinajstić information content (AvgIpc) is 2.04. The van der Waals surface area contributed by atoms with E-state index in [4.69, 9.17) is 0 Å². The van der Waals surface area contributed by atoms with E-state index in [-0.39, 0.29) is 6.07 Å². The quantitative estimate of drug-likeness (QED) is 0.605. The van der Waals surface area contributed by atoms with Crippen LogP contribution < -0.4 is 0 Å². The zero-order valence-electron chi connectivity index (χ0n) is 7.55. The summed E-state index contributed by atoms with van der Waals surface area (Å²) in [5.41, 5.74) is -2.08. The van der Waals surface area contributed by atoms with Crippen LogP contribution in [0.1, 0.15) is 11.1 Å². The summed E-state index contributed by atoms with van der Waals surface area (Å²) in [7, 11) is -5.07. The van der Waals surface area contributed by atoms with Gasteiger partial charge >= 0.3 is 16.4 Å². The molecule has 0 bridgehead atoms. The largest absolute Gasteiger partial charge is 0.416 e. The van der Waals surface area contributed by atoms with Crippen LogP contribution >= 0.6 is 0 Å². The molecule has 0 heterocycles. The monoisotopic (exact) mass is 260 g/mol. The number of hydrogen-bond donors (Lipinski definition) is 0. The van der Waals surface area contributed by atoms with Crippen molar-refractivity contribution in [1.29, 1.82) is 0 Å². The van der Waals surface area contributed by atoms with Crippen LogP contribution in [0.2, 0.25) is 0 Å². The lowest BCUT2D eigenvalue weighted by Gasteiger charge is -2.08. The molecule has 0 saturated heterocycles. The Bertz CT molecular complexity index is 492. The Morgan fingerprint density at radius 3 is 2.19 bits per heavy atom. The molecule has 0 aliphatic carbocycles. The van der Waals surface area contributed by atoms with Crippen molar-refractivity contribution in [2.45, 2.75) is 11.9 Å². The SMILES string of the molecule is O=S(=O)(F)Cc1cc(C(F)(F)F)ccc1F. The molecule has 0 spiro atoms. The van der Waals surface area contributed by atoms with Gasteiger partial charge in [0.1, 0.15) is 11.6 Å². The van der Waals surface area contributed by atoms with Gasteiger partial charge in [0.2, 0.25) is 0 Å². The van der Waals surface area contributed by atoms with E-state index in [1.165, 1.54) is 0 Å². The Morgan fingerprint density at radius 1 is 1.19 bits per heavy atom. The Labute approximate surface area is 87.9 Å². The summed E-state index contributed by atoms with van der Waals surface area (Å²) >= 11 is 0. The van der Waals surface area contributed by atoms with Gasteiger partial charge in [-0.05, 0) is 18.2 Å². The summed E-state index contributed by atoms with van der Waals surface area (Å²) in [6, 6.07) is 1.17. The molecule has 16 heavy (non-hydrogen) atoms. The highest BCUT2D eigenvalue weighted by atomic mass is 32.3. The topological polar surface area (TPSA) is 34.1 Å². The fourth-order valence-corrected chi connectivity index (χ4v) is 1.64. The molecule has 1 aromatic carbocycles. The van der Waals surface area contributed by atoms with E-state index in [0.29, 0.717) is 12.1 Å². The number of alkyl halides is 3. The van der Waals surface area contributed by atoms with Crippen molar-refractivity contribution in [2.75, 3.05) is 0 Å². The first-order valence-corrected chi connectivity index (χ1v) is 5.43. The summed E-state index contributed by atoms with van der Waals surface area (Å²) in [4.78, 5) is 0. The second-order valence-electron chi connectivity index (χ2n) is 2.99. The van der Waals surface area contributed by atoms with Gasteiger partial charge in [-0.15, -0.1) is 3.89 Å². The standard InChI is InChI=1S/C8H5F5O2S/c9-7-2-1-6(8(10,11)12)3-5(7)4-16(13,14)15/h1-3H,4H2. The average molecular weight is 260 g/mol. The van der Waals surface area contributed by atoms with E-state index in [1.54, 1.807) is 0 Å². The fraction of sp³-hybridized carbons (Fsp3) is 0.250. The number of benzene rings is 1. The van der Waals surface area contributed by atoms with Crippen molar-refractivity contribution in [3.05, 3.63) is 35.1 Å². The van der Waals surface area contributed by atoms with E-state index < -0.39 is 39.1 Å². The molecule has 0 fully saturated rings. The molecule has 0 amide bonds. The third-order valence-corrected chi connectivity index (χ3v) is 2.36. The number of hydrogen-bond acceptors (Lipinski definition) is 2. The number of rotatable bonds is 2. The van der Waals surface area contributed by atoms with Gasteiger partial charge in [-0.1, -0.05) is 0 Å². The van der Waals surface area contributed by atoms with Gasteiger partial charge in [0.25, 0.3) is 0 Å². The second kappa shape index (κ2) is 4.00. The lowest BCUT2D eigenvalue weighted by atomic mass is 10.1. The summed E-state index contributed by atoms with van der Waals surface area (Å²) in [6.07, 6.45) is -4.73. The first-order valence-electron chi connectivity index (χ1n) is 3.87. The smallest absolute Gasteiger partial charge is 0.207 e. The first-order chi connectivity index (χ1) is 7.09. The van der Waals surface area contributed by atoms with Crippen LogP contribution in [-0.4, -0.2) is 8.42 Å². The highest BCUT2D eigenvalue weighted by Crippen LogP contribution is 2.30. The first kappa shape index (κ1) is 12.9. The normalized spacial score (nSPS) is 12.8. The number of halogens is 5. The van der Waals surface area contributed by atoms with E-state index in [9.17, 15) is 29.9 Å². The molecule has 0 unspecified atom stereocenters. The predicted molar refractivity (Wildman–Crippen MR) is 45.1 cm³/mol. The maximum absolute atomic E-state index is 12.9. The van der Waals surface area contributed by atoms with Gasteiger partial charge in [0.05, 0.1) is 5.56 Å². The fourth-order valence-electron chi connectivity index (χ4n) is 1.05. The predicted octanol–water partition coefficient (Wildman–Crippen LogP) is 2.64. The molecule has 0 N–H and O–H groups in total. The van der Waals surface area contributed by atoms with Crippen LogP contribution in [0, 0.1) is 5.82 Å². The minimum absolute atomic E-state index is 0.270. The molecule has 0 aliphatic heterocycles. The lowest BCUT2D eigenvalue weighted by molar-refractivity contribution is -0.137. The van der Waals surface area contributed by atoms with Gasteiger partial charge in [0.15, 0.2) is 0 Å². The minimum atomic E-state index is -5.07. The summed E-state index contributed by atoms with van der Waals surface area (Å²) in [6.45, 7) is 0. The van der Waals surface area contributed by atoms with E-state index in [0.717, 1.165) is 0 Å². The highest BCUT2D eigenvalue weighted by molar-refractivity contribution is 7.85. The minimum Gasteiger partial charge on any atom is -0.207 e. The van der Waals surface area contributed by atoms with Crippen molar-refractivity contribution < 1.29 is 29.9 Å². The van der Waals surface area contributed by atoms with Gasteiger partial charge < -0.3 is 0 Å². The summed E-state index contributed by atoms with van der Waals surface area (Å²) in [5, 5.41) is 0. The van der Waals surface area contributed by atoms with Gasteiger partial charge in [-0.2, -0.15) is 21.6 Å². The van der Waals surface area contributed by atoms with Gasteiger partial charge in [-0.25, -0.2) is 4.39 Å². The maximum atomic E-state index is 12.9. The molecule has 0 saturated carbocycles. The molecule has 0 atom stereocenters. The Balaban J connectivity index is 3.20. The van der Waals surface area contributed by atoms with Crippen molar-refractivity contribution in [3.63, 3.8) is 0 Å². The summed E-state index contributed by atoms with van der Waals surface area (Å²) < 4.78 is 82.0. The van der Waals surface area contributed by atoms with Crippen LogP contribution in [0.4, 0.5) is 21.4 Å². The Kier molecular flexibility index (Phi) is 3.22. The molecule has 0 aromatic heterocycles. The second-order valence-corrected chi connectivity index (χ2v) is 4.35. The molecule has 90 valence electrons. The van der Waals surface area contributed by atoms with Crippen molar-refractivity contribution in [1.82, 2.24) is 0 Å². The highest BCUT2D eigenvalue weighted by Gasteiger charge is 2.31. The van der Waals surface area contributed by atoms with Gasteiger partial charge in [-0.3, -0.25) is 0 Å². The van der Waals surface area contributed by atoms with Crippen molar-refractivity contribution in [3.8, 4) is 0 Å². The Hall–Kier alpha value is -1.18. The molecular weight excluding hydrogens is 255 g/mol. The van der Waals surface area contributed by atoms with Crippen molar-refractivity contribution in [2.24, 2.45) is 0 Å². The Morgan fingerprint density at radius 2 is 1.75 bits per heavy atom. The molecular formula is C8H5F5O2S. The zero-order valence-corrected chi connectivity index (χ0v) is 8.37. The van der Waals surface area contributed by atoms with Crippen LogP contribution in [0.25, 0.3) is 0 Å².